The summed E-state index contributed by atoms with van der Waals surface area (Å²) >= 11 is 0. The van der Waals surface area contributed by atoms with Crippen molar-refractivity contribution in [2.75, 3.05) is 11.4 Å². The van der Waals surface area contributed by atoms with Gasteiger partial charge in [-0.3, -0.25) is 4.79 Å². The molecule has 0 spiro atoms. The van der Waals surface area contributed by atoms with Gasteiger partial charge in [0.2, 0.25) is 0 Å². The first kappa shape index (κ1) is 13.3. The number of carbonyl (C=O) groups is 2. The molecule has 3 rings (SSSR count). The smallest absolute Gasteiger partial charge is 0.335 e. The van der Waals surface area contributed by atoms with E-state index < -0.39 is 11.8 Å². The summed E-state index contributed by atoms with van der Waals surface area (Å²) in [5.41, 5.74) is 1.97. The Bertz CT molecular complexity index is 725. The highest BCUT2D eigenvalue weighted by atomic mass is 19.1. The summed E-state index contributed by atoms with van der Waals surface area (Å²) < 4.78 is 13.3. The number of halogens is 1. The first-order valence-electron chi connectivity index (χ1n) is 6.50. The fourth-order valence-corrected chi connectivity index (χ4v) is 2.48. The lowest BCUT2D eigenvalue weighted by Crippen LogP contribution is -2.37. The molecule has 1 heterocycles. The number of carboxylic acids is 1. The van der Waals surface area contributed by atoms with Crippen LogP contribution < -0.4 is 4.90 Å². The molecule has 5 heteroatoms. The highest BCUT2D eigenvalue weighted by molar-refractivity contribution is 6.08. The number of rotatable bonds is 2. The van der Waals surface area contributed by atoms with Crippen LogP contribution in [0.3, 0.4) is 0 Å². The normalized spacial score (nSPS) is 14.0. The highest BCUT2D eigenvalue weighted by Gasteiger charge is 2.25. The minimum absolute atomic E-state index is 0.162. The van der Waals surface area contributed by atoms with Crippen LogP contribution in [-0.4, -0.2) is 23.5 Å². The first-order chi connectivity index (χ1) is 10.1. The molecule has 1 amide bonds. The molecule has 1 aliphatic rings. The number of nitrogens with zero attached hydrogens (tertiary/aromatic N) is 1. The molecule has 1 N–H and O–H groups in total. The first-order valence-corrected chi connectivity index (χ1v) is 6.50. The molecule has 0 saturated carbocycles. The molecular weight excluding hydrogens is 273 g/mol. The van der Waals surface area contributed by atoms with Crippen molar-refractivity contribution in [2.24, 2.45) is 0 Å². The molecule has 106 valence electrons. The second kappa shape index (κ2) is 5.01. The van der Waals surface area contributed by atoms with Gasteiger partial charge in [0.15, 0.2) is 0 Å². The molecule has 0 aromatic heterocycles. The molecule has 4 nitrogen and oxygen atoms in total. The van der Waals surface area contributed by atoms with E-state index in [0.29, 0.717) is 24.2 Å². The number of amides is 1. The van der Waals surface area contributed by atoms with Crippen molar-refractivity contribution in [3.63, 3.8) is 0 Å². The fourth-order valence-electron chi connectivity index (χ4n) is 2.48. The van der Waals surface area contributed by atoms with E-state index >= 15 is 0 Å². The lowest BCUT2D eigenvalue weighted by Gasteiger charge is -2.28. The zero-order valence-corrected chi connectivity index (χ0v) is 11.0. The van der Waals surface area contributed by atoms with Gasteiger partial charge in [0.1, 0.15) is 5.82 Å². The van der Waals surface area contributed by atoms with Gasteiger partial charge in [-0.2, -0.15) is 0 Å². The second-order valence-corrected chi connectivity index (χ2v) is 4.86. The van der Waals surface area contributed by atoms with Gasteiger partial charge in [-0.15, -0.1) is 0 Å². The highest BCUT2D eigenvalue weighted by Crippen LogP contribution is 2.25. The van der Waals surface area contributed by atoms with Crippen molar-refractivity contribution < 1.29 is 19.1 Å². The van der Waals surface area contributed by atoms with Crippen LogP contribution in [0, 0.1) is 5.82 Å². The van der Waals surface area contributed by atoms with Gasteiger partial charge in [-0.1, -0.05) is 6.07 Å². The SMILES string of the molecule is O=C(O)c1ccc(N2CCc3ccc(F)cc3C2=O)cc1. The van der Waals surface area contributed by atoms with Crippen molar-refractivity contribution in [3.8, 4) is 0 Å². The molecule has 0 radical (unpaired) electrons. The summed E-state index contributed by atoms with van der Waals surface area (Å²) in [6.45, 7) is 0.490. The Hall–Kier alpha value is -2.69. The van der Waals surface area contributed by atoms with Crippen molar-refractivity contribution in [1.82, 2.24) is 0 Å². The van der Waals surface area contributed by atoms with Crippen LogP contribution in [0.2, 0.25) is 0 Å². The zero-order chi connectivity index (χ0) is 15.0. The summed E-state index contributed by atoms with van der Waals surface area (Å²) in [7, 11) is 0. The van der Waals surface area contributed by atoms with Crippen LogP contribution in [-0.2, 0) is 6.42 Å². The van der Waals surface area contributed by atoms with Gasteiger partial charge >= 0.3 is 5.97 Å². The third-order valence-corrected chi connectivity index (χ3v) is 3.58. The Morgan fingerprint density at radius 2 is 1.86 bits per heavy atom. The van der Waals surface area contributed by atoms with Crippen molar-refractivity contribution in [2.45, 2.75) is 6.42 Å². The zero-order valence-electron chi connectivity index (χ0n) is 11.0. The lowest BCUT2D eigenvalue weighted by atomic mass is 9.98. The van der Waals surface area contributed by atoms with E-state index in [4.69, 9.17) is 5.11 Å². The Kier molecular flexibility index (Phi) is 3.17. The molecule has 0 unspecified atom stereocenters. The van der Waals surface area contributed by atoms with Crippen molar-refractivity contribution >= 4 is 17.6 Å². The van der Waals surface area contributed by atoms with Crippen LogP contribution in [0.1, 0.15) is 26.3 Å². The van der Waals surface area contributed by atoms with Crippen LogP contribution in [0.4, 0.5) is 10.1 Å². The number of carboxylic acid groups (broad SMARTS) is 1. The summed E-state index contributed by atoms with van der Waals surface area (Å²) in [6.07, 6.45) is 0.641. The maximum absolute atomic E-state index is 13.3. The van der Waals surface area contributed by atoms with Gasteiger partial charge in [0, 0.05) is 17.8 Å². The molecule has 0 aliphatic carbocycles. The Labute approximate surface area is 120 Å². The molecule has 21 heavy (non-hydrogen) atoms. The number of fused-ring (bicyclic) bond motifs is 1. The van der Waals surface area contributed by atoms with Gasteiger partial charge in [-0.25, -0.2) is 9.18 Å². The number of carbonyl (C=O) groups excluding carboxylic acids is 1. The molecule has 0 fully saturated rings. The topological polar surface area (TPSA) is 57.6 Å². The second-order valence-electron chi connectivity index (χ2n) is 4.86. The van der Waals surface area contributed by atoms with Crippen molar-refractivity contribution in [3.05, 3.63) is 65.0 Å². The number of anilines is 1. The average Bonchev–Trinajstić information content (AvgIpc) is 2.48. The minimum Gasteiger partial charge on any atom is -0.478 e. The molecule has 2 aromatic carbocycles. The summed E-state index contributed by atoms with van der Waals surface area (Å²) in [5.74, 6) is -1.72. The molecule has 0 bridgehead atoms. The predicted molar refractivity (Wildman–Crippen MR) is 75.2 cm³/mol. The van der Waals surface area contributed by atoms with E-state index in [0.717, 1.165) is 5.56 Å². The van der Waals surface area contributed by atoms with E-state index in [-0.39, 0.29) is 11.5 Å². The van der Waals surface area contributed by atoms with Crippen LogP contribution in [0.15, 0.2) is 42.5 Å². The van der Waals surface area contributed by atoms with E-state index in [1.54, 1.807) is 18.2 Å². The lowest BCUT2D eigenvalue weighted by molar-refractivity contribution is 0.0696. The monoisotopic (exact) mass is 285 g/mol. The quantitative estimate of drug-likeness (QED) is 0.923. The number of aromatic carboxylic acids is 1. The standard InChI is InChI=1S/C16H12FNO3/c17-12-4-1-10-7-8-18(15(19)14(10)9-12)13-5-2-11(3-6-13)16(20)21/h1-6,9H,7-8H2,(H,20,21). The molecule has 0 saturated heterocycles. The maximum atomic E-state index is 13.3. The Morgan fingerprint density at radius 3 is 2.52 bits per heavy atom. The Morgan fingerprint density at radius 1 is 1.14 bits per heavy atom. The van der Waals surface area contributed by atoms with E-state index in [9.17, 15) is 14.0 Å². The minimum atomic E-state index is -1.01. The number of hydrogen-bond acceptors (Lipinski definition) is 2. The largest absolute Gasteiger partial charge is 0.478 e. The van der Waals surface area contributed by atoms with E-state index in [1.165, 1.54) is 29.2 Å². The van der Waals surface area contributed by atoms with Crippen LogP contribution in [0.25, 0.3) is 0 Å². The predicted octanol–water partition coefficient (Wildman–Crippen LogP) is 2.73. The van der Waals surface area contributed by atoms with Crippen LogP contribution in [0.5, 0.6) is 0 Å². The van der Waals surface area contributed by atoms with Gasteiger partial charge in [0.25, 0.3) is 5.91 Å². The van der Waals surface area contributed by atoms with Crippen molar-refractivity contribution in [1.29, 1.82) is 0 Å². The number of hydrogen-bond donors (Lipinski definition) is 1. The molecular formula is C16H12FNO3. The molecule has 2 aromatic rings. The summed E-state index contributed by atoms with van der Waals surface area (Å²) in [5, 5.41) is 8.88. The van der Waals surface area contributed by atoms with Gasteiger partial charge in [-0.05, 0) is 48.4 Å². The van der Waals surface area contributed by atoms with Gasteiger partial charge in [0.05, 0.1) is 5.56 Å². The summed E-state index contributed by atoms with van der Waals surface area (Å²) in [6, 6.07) is 10.3. The Balaban J connectivity index is 1.94. The average molecular weight is 285 g/mol. The van der Waals surface area contributed by atoms with Crippen LogP contribution >= 0.6 is 0 Å². The van der Waals surface area contributed by atoms with E-state index in [2.05, 4.69) is 0 Å². The fraction of sp³-hybridized carbons (Fsp3) is 0.125. The van der Waals surface area contributed by atoms with Gasteiger partial charge < -0.3 is 10.0 Å². The number of benzene rings is 2. The third kappa shape index (κ3) is 2.38. The van der Waals surface area contributed by atoms with E-state index in [1.807, 2.05) is 0 Å². The third-order valence-electron chi connectivity index (χ3n) is 3.58. The molecule has 0 atom stereocenters. The summed E-state index contributed by atoms with van der Waals surface area (Å²) in [4.78, 5) is 24.8. The maximum Gasteiger partial charge on any atom is 0.335 e. The molecule has 1 aliphatic heterocycles.